The molecule has 4 atom stereocenters. The largest absolute Gasteiger partial charge is 0.385 e. The van der Waals surface area contributed by atoms with Crippen molar-refractivity contribution in [3.05, 3.63) is 59.7 Å². The highest BCUT2D eigenvalue weighted by molar-refractivity contribution is 5.79. The molecule has 0 spiro atoms. The number of hydrogen-bond acceptors (Lipinski definition) is 4. The number of unbranched alkanes of at least 4 members (excludes halogenated alkanes) is 1. The van der Waals surface area contributed by atoms with Crippen LogP contribution in [0.5, 0.6) is 0 Å². The Balaban J connectivity index is 1.64. The van der Waals surface area contributed by atoms with Crippen molar-refractivity contribution in [2.75, 3.05) is 26.8 Å². The summed E-state index contributed by atoms with van der Waals surface area (Å²) in [6, 6.07) is 16.9. The lowest BCUT2D eigenvalue weighted by Gasteiger charge is -2.44. The molecule has 1 aliphatic heterocycles. The molecule has 1 heterocycles. The number of amides is 1. The number of rotatable bonds is 9. The number of nitrogens with two attached hydrogens (primary N) is 1. The van der Waals surface area contributed by atoms with Crippen molar-refractivity contribution >= 4 is 5.91 Å². The minimum Gasteiger partial charge on any atom is -0.385 e. The highest BCUT2D eigenvalue weighted by Crippen LogP contribution is 2.44. The Morgan fingerprint density at radius 2 is 1.89 bits per heavy atom. The lowest BCUT2D eigenvalue weighted by atomic mass is 9.72. The Hall–Kier alpha value is -2.21. The summed E-state index contributed by atoms with van der Waals surface area (Å²) in [6.07, 6.45) is 6.87. The molecule has 5 nitrogen and oxygen atoms in total. The van der Waals surface area contributed by atoms with Crippen LogP contribution in [-0.2, 0) is 15.1 Å². The Morgan fingerprint density at radius 3 is 2.60 bits per heavy atom. The van der Waals surface area contributed by atoms with E-state index in [0.717, 1.165) is 68.2 Å². The van der Waals surface area contributed by atoms with Gasteiger partial charge < -0.3 is 20.5 Å². The van der Waals surface area contributed by atoms with Crippen LogP contribution in [-0.4, -0.2) is 48.8 Å². The van der Waals surface area contributed by atoms with Crippen molar-refractivity contribution in [1.29, 1.82) is 0 Å². The summed E-state index contributed by atoms with van der Waals surface area (Å²) in [5.41, 5.74) is 9.48. The lowest BCUT2D eigenvalue weighted by molar-refractivity contribution is -0.140. The quantitative estimate of drug-likeness (QED) is 0.496. The molecule has 3 N–H and O–H groups in total. The molecule has 2 aromatic carbocycles. The Labute approximate surface area is 210 Å². The summed E-state index contributed by atoms with van der Waals surface area (Å²) in [5.74, 6) is 0.263. The number of aliphatic hydroxyl groups is 1. The van der Waals surface area contributed by atoms with Crippen LogP contribution in [0.1, 0.15) is 62.5 Å². The van der Waals surface area contributed by atoms with E-state index in [1.54, 1.807) is 7.11 Å². The first-order valence-corrected chi connectivity index (χ1v) is 13.3. The summed E-state index contributed by atoms with van der Waals surface area (Å²) in [6.45, 7) is 4.16. The molecule has 1 aliphatic carbocycles. The van der Waals surface area contributed by atoms with Crippen molar-refractivity contribution in [2.45, 2.75) is 69.9 Å². The number of carbonyl (C=O) groups excluding carboxylic acids is 1. The second kappa shape index (κ2) is 11.7. The van der Waals surface area contributed by atoms with Gasteiger partial charge in [-0.25, -0.2) is 0 Å². The molecule has 2 aliphatic rings. The predicted octanol–water partition coefficient (Wildman–Crippen LogP) is 5.03. The first-order chi connectivity index (χ1) is 16.9. The Kier molecular flexibility index (Phi) is 8.64. The average Bonchev–Trinajstić information content (AvgIpc) is 3.33. The summed E-state index contributed by atoms with van der Waals surface area (Å²) in [7, 11) is 1.72. The molecule has 1 amide bonds. The van der Waals surface area contributed by atoms with Crippen molar-refractivity contribution in [2.24, 2.45) is 17.6 Å². The number of hydrogen-bond donors (Lipinski definition) is 2. The standard InChI is InChI=1S/C30H42N2O3/c1-22-11-13-23(14-12-22)27-9-3-4-10-28(27)30(34,17-5-6-19-35-2)25-8-7-18-32(21-25)29(33)24-15-16-26(31)20-24/h3-4,9-14,24-26,34H,5-8,15-21,31H2,1-2H3. The molecular formula is C30H42N2O3. The molecule has 0 radical (unpaired) electrons. The van der Waals surface area contributed by atoms with E-state index < -0.39 is 5.60 Å². The zero-order chi connectivity index (χ0) is 24.8. The van der Waals surface area contributed by atoms with E-state index in [1.807, 2.05) is 17.0 Å². The molecule has 190 valence electrons. The Morgan fingerprint density at radius 1 is 1.11 bits per heavy atom. The van der Waals surface area contributed by atoms with Gasteiger partial charge in [0.1, 0.15) is 0 Å². The highest BCUT2D eigenvalue weighted by Gasteiger charge is 2.43. The zero-order valence-electron chi connectivity index (χ0n) is 21.4. The topological polar surface area (TPSA) is 75.8 Å². The van der Waals surface area contributed by atoms with E-state index in [-0.39, 0.29) is 23.8 Å². The molecule has 2 fully saturated rings. The maximum Gasteiger partial charge on any atom is 0.225 e. The van der Waals surface area contributed by atoms with Gasteiger partial charge in [0.2, 0.25) is 5.91 Å². The number of methoxy groups -OCH3 is 1. The van der Waals surface area contributed by atoms with Gasteiger partial charge in [-0.1, -0.05) is 54.1 Å². The number of benzene rings is 2. The number of ether oxygens (including phenoxy) is 1. The molecule has 1 saturated heterocycles. The van der Waals surface area contributed by atoms with Gasteiger partial charge in [-0.3, -0.25) is 4.79 Å². The van der Waals surface area contributed by atoms with Crippen molar-refractivity contribution < 1.29 is 14.6 Å². The van der Waals surface area contributed by atoms with Gasteiger partial charge in [-0.15, -0.1) is 0 Å². The van der Waals surface area contributed by atoms with Gasteiger partial charge in [0, 0.05) is 44.7 Å². The van der Waals surface area contributed by atoms with Crippen LogP contribution in [0.4, 0.5) is 0 Å². The van der Waals surface area contributed by atoms with Gasteiger partial charge in [0.25, 0.3) is 0 Å². The van der Waals surface area contributed by atoms with E-state index in [1.165, 1.54) is 5.56 Å². The minimum atomic E-state index is -1.01. The molecule has 2 aromatic rings. The van der Waals surface area contributed by atoms with Crippen LogP contribution in [0.2, 0.25) is 0 Å². The van der Waals surface area contributed by atoms with Crippen molar-refractivity contribution in [3.8, 4) is 11.1 Å². The monoisotopic (exact) mass is 478 g/mol. The van der Waals surface area contributed by atoms with Crippen LogP contribution in [0, 0.1) is 18.8 Å². The van der Waals surface area contributed by atoms with Crippen LogP contribution in [0.25, 0.3) is 11.1 Å². The Bertz CT molecular complexity index is 976. The molecule has 35 heavy (non-hydrogen) atoms. The molecule has 4 unspecified atom stereocenters. The first kappa shape index (κ1) is 25.9. The van der Waals surface area contributed by atoms with Gasteiger partial charge >= 0.3 is 0 Å². The summed E-state index contributed by atoms with van der Waals surface area (Å²) >= 11 is 0. The van der Waals surface area contributed by atoms with Gasteiger partial charge in [0.05, 0.1) is 5.60 Å². The van der Waals surface area contributed by atoms with Gasteiger partial charge in [0.15, 0.2) is 0 Å². The lowest BCUT2D eigenvalue weighted by Crippen LogP contribution is -2.49. The molecule has 0 aromatic heterocycles. The fraction of sp³-hybridized carbons (Fsp3) is 0.567. The van der Waals surface area contributed by atoms with E-state index in [4.69, 9.17) is 10.5 Å². The third kappa shape index (κ3) is 5.96. The summed E-state index contributed by atoms with van der Waals surface area (Å²) in [4.78, 5) is 15.4. The fourth-order valence-corrected chi connectivity index (χ4v) is 6.11. The third-order valence-corrected chi connectivity index (χ3v) is 8.14. The van der Waals surface area contributed by atoms with Crippen LogP contribution in [0.3, 0.4) is 0 Å². The minimum absolute atomic E-state index is 0.00980. The smallest absolute Gasteiger partial charge is 0.225 e. The second-order valence-electron chi connectivity index (χ2n) is 10.7. The van der Waals surface area contributed by atoms with Crippen molar-refractivity contribution in [1.82, 2.24) is 4.90 Å². The third-order valence-electron chi connectivity index (χ3n) is 8.14. The van der Waals surface area contributed by atoms with Crippen LogP contribution in [0.15, 0.2) is 48.5 Å². The molecule has 4 rings (SSSR count). The average molecular weight is 479 g/mol. The number of piperidine rings is 1. The predicted molar refractivity (Wildman–Crippen MR) is 141 cm³/mol. The first-order valence-electron chi connectivity index (χ1n) is 13.3. The SMILES string of the molecule is COCCCCC(O)(c1ccccc1-c1ccc(C)cc1)C1CCCN(C(=O)C2CCC(N)C2)C1. The molecular weight excluding hydrogens is 436 g/mol. The highest BCUT2D eigenvalue weighted by atomic mass is 16.5. The van der Waals surface area contributed by atoms with Gasteiger partial charge in [-0.2, -0.15) is 0 Å². The summed E-state index contributed by atoms with van der Waals surface area (Å²) in [5, 5.41) is 12.5. The zero-order valence-corrected chi connectivity index (χ0v) is 21.4. The summed E-state index contributed by atoms with van der Waals surface area (Å²) < 4.78 is 5.28. The van der Waals surface area contributed by atoms with Crippen molar-refractivity contribution in [3.63, 3.8) is 0 Å². The van der Waals surface area contributed by atoms with E-state index in [2.05, 4.69) is 43.3 Å². The molecule has 1 saturated carbocycles. The number of likely N-dealkylation sites (tertiary alicyclic amines) is 1. The maximum atomic E-state index is 13.3. The second-order valence-corrected chi connectivity index (χ2v) is 10.7. The van der Waals surface area contributed by atoms with Crippen LogP contribution >= 0.6 is 0 Å². The molecule has 0 bridgehead atoms. The number of carbonyl (C=O) groups is 1. The fourth-order valence-electron chi connectivity index (χ4n) is 6.11. The number of aryl methyl sites for hydroxylation is 1. The number of nitrogens with zero attached hydrogens (tertiary/aromatic N) is 1. The van der Waals surface area contributed by atoms with Gasteiger partial charge in [-0.05, 0) is 75.0 Å². The molecule has 5 heteroatoms. The van der Waals surface area contributed by atoms with E-state index in [9.17, 15) is 9.90 Å². The normalized spacial score (nSPS) is 24.3. The van der Waals surface area contributed by atoms with E-state index >= 15 is 0 Å². The maximum absolute atomic E-state index is 13.3. The van der Waals surface area contributed by atoms with Crippen LogP contribution < -0.4 is 5.73 Å². The van der Waals surface area contributed by atoms with E-state index in [0.29, 0.717) is 19.6 Å².